The van der Waals surface area contributed by atoms with Crippen molar-refractivity contribution in [3.05, 3.63) is 90.0 Å². The molecule has 0 aromatic heterocycles. The van der Waals surface area contributed by atoms with Gasteiger partial charge in [0.2, 0.25) is 0 Å². The number of aliphatic hydroxyl groups is 1. The number of amides is 4. The van der Waals surface area contributed by atoms with Crippen LogP contribution in [0.1, 0.15) is 36.8 Å². The first-order valence-electron chi connectivity index (χ1n) is 11.7. The molecule has 0 radical (unpaired) electrons. The maximum atomic E-state index is 11.2. The van der Waals surface area contributed by atoms with Gasteiger partial charge in [-0.3, -0.25) is 5.73 Å². The van der Waals surface area contributed by atoms with E-state index >= 15 is 0 Å². The number of hydrogen-bond acceptors (Lipinski definition) is 5. The quantitative estimate of drug-likeness (QED) is 0.203. The summed E-state index contributed by atoms with van der Waals surface area (Å²) >= 11 is 0. The Labute approximate surface area is 222 Å². The van der Waals surface area contributed by atoms with Gasteiger partial charge in [0, 0.05) is 17.3 Å². The summed E-state index contributed by atoms with van der Waals surface area (Å²) < 4.78 is 5.68. The molecule has 37 heavy (non-hydrogen) atoms. The average Bonchev–Trinajstić information content (AvgIpc) is 2.83. The molecule has 9 nitrogen and oxygen atoms in total. The summed E-state index contributed by atoms with van der Waals surface area (Å²) in [4.78, 5) is 22.3. The first-order valence-corrected chi connectivity index (χ1v) is 11.7. The van der Waals surface area contributed by atoms with Gasteiger partial charge in [-0.15, -0.1) is 12.4 Å². The molecule has 198 valence electrons. The molecule has 10 heteroatoms. The smallest absolute Gasteiger partial charge is 0.316 e. The second-order valence-electron chi connectivity index (χ2n) is 8.81. The standard InChI is InChI=1S/C27H33N5O4.ClH/c1-17(16-24(33)25(28)36-22-5-3-2-4-6-22)15-23(18-7-11-20(12-8-18)31-26(29)34)19-9-13-21(14-10-19)32-27(30)35;/h2-14,17,23-25,33H,15-16,28H2,1H3,(H3,29,31,34)(H3,30,32,35);1H/t17?,24-,25?;/m0./s1. The minimum absolute atomic E-state index is 0. The number of halogens is 1. The third kappa shape index (κ3) is 9.30. The minimum atomic E-state index is -0.856. The highest BCUT2D eigenvalue weighted by molar-refractivity contribution is 5.88. The number of anilines is 2. The number of primary amides is 2. The van der Waals surface area contributed by atoms with E-state index < -0.39 is 24.4 Å². The van der Waals surface area contributed by atoms with Crippen molar-refractivity contribution in [2.45, 2.75) is 38.0 Å². The molecule has 0 fully saturated rings. The fraction of sp³-hybridized carbons (Fsp3) is 0.259. The van der Waals surface area contributed by atoms with E-state index in [0.29, 0.717) is 30.0 Å². The molecule has 0 heterocycles. The predicted octanol–water partition coefficient (Wildman–Crippen LogP) is 4.36. The van der Waals surface area contributed by atoms with Gasteiger partial charge >= 0.3 is 12.1 Å². The number of aliphatic hydroxyl groups excluding tert-OH is 1. The lowest BCUT2D eigenvalue weighted by Crippen LogP contribution is -2.40. The second-order valence-corrected chi connectivity index (χ2v) is 8.81. The summed E-state index contributed by atoms with van der Waals surface area (Å²) in [5.41, 5.74) is 19.8. The predicted molar refractivity (Wildman–Crippen MR) is 148 cm³/mol. The van der Waals surface area contributed by atoms with Crippen LogP contribution >= 0.6 is 12.4 Å². The Morgan fingerprint density at radius 2 is 1.27 bits per heavy atom. The van der Waals surface area contributed by atoms with E-state index in [1.807, 2.05) is 42.5 Å². The lowest BCUT2D eigenvalue weighted by atomic mass is 9.82. The van der Waals surface area contributed by atoms with Crippen LogP contribution in [0, 0.1) is 5.92 Å². The number of urea groups is 2. The van der Waals surface area contributed by atoms with Crippen LogP contribution in [0.5, 0.6) is 5.75 Å². The van der Waals surface area contributed by atoms with Gasteiger partial charge in [0.15, 0.2) is 6.23 Å². The number of hydrogen-bond donors (Lipinski definition) is 6. The topological polar surface area (TPSA) is 166 Å². The fourth-order valence-corrected chi connectivity index (χ4v) is 4.13. The summed E-state index contributed by atoms with van der Waals surface area (Å²) in [7, 11) is 0. The number of nitrogens with two attached hydrogens (primary N) is 3. The first kappa shape index (κ1) is 29.4. The maximum absolute atomic E-state index is 11.2. The van der Waals surface area contributed by atoms with Crippen LogP contribution in [0.4, 0.5) is 21.0 Å². The molecule has 0 saturated carbocycles. The SMILES string of the molecule is CC(CC(c1ccc(NC(N)=O)cc1)c1ccc(NC(N)=O)cc1)C[C@H](O)C(N)Oc1ccccc1.Cl. The minimum Gasteiger partial charge on any atom is -0.473 e. The third-order valence-corrected chi connectivity index (χ3v) is 5.84. The summed E-state index contributed by atoms with van der Waals surface area (Å²) in [5.74, 6) is 0.662. The van der Waals surface area contributed by atoms with Crippen LogP contribution in [-0.2, 0) is 0 Å². The van der Waals surface area contributed by atoms with Crippen LogP contribution in [0.2, 0.25) is 0 Å². The van der Waals surface area contributed by atoms with Gasteiger partial charge in [0.05, 0.1) is 0 Å². The van der Waals surface area contributed by atoms with Crippen molar-refractivity contribution in [1.29, 1.82) is 0 Å². The van der Waals surface area contributed by atoms with E-state index in [2.05, 4.69) is 17.6 Å². The number of carbonyl (C=O) groups excluding carboxylic acids is 2. The van der Waals surface area contributed by atoms with Crippen LogP contribution in [0.15, 0.2) is 78.9 Å². The number of rotatable bonds is 11. The zero-order chi connectivity index (χ0) is 26.1. The van der Waals surface area contributed by atoms with Crippen molar-refractivity contribution in [2.24, 2.45) is 23.1 Å². The molecule has 0 aliphatic carbocycles. The molecule has 3 aromatic carbocycles. The van der Waals surface area contributed by atoms with E-state index in [1.54, 1.807) is 36.4 Å². The highest BCUT2D eigenvalue weighted by atomic mass is 35.5. The highest BCUT2D eigenvalue weighted by Gasteiger charge is 2.23. The highest BCUT2D eigenvalue weighted by Crippen LogP contribution is 2.34. The van der Waals surface area contributed by atoms with Crippen LogP contribution < -0.4 is 32.6 Å². The van der Waals surface area contributed by atoms with E-state index in [4.69, 9.17) is 21.9 Å². The summed E-state index contributed by atoms with van der Waals surface area (Å²) in [6.07, 6.45) is -0.565. The Hall–Kier alpha value is -3.79. The van der Waals surface area contributed by atoms with Crippen molar-refractivity contribution in [1.82, 2.24) is 0 Å². The van der Waals surface area contributed by atoms with E-state index in [1.165, 1.54) is 0 Å². The van der Waals surface area contributed by atoms with Gasteiger partial charge in [0.25, 0.3) is 0 Å². The van der Waals surface area contributed by atoms with Crippen LogP contribution in [0.3, 0.4) is 0 Å². The number of benzene rings is 3. The number of para-hydroxylation sites is 1. The Morgan fingerprint density at radius 3 is 1.70 bits per heavy atom. The lowest BCUT2D eigenvalue weighted by molar-refractivity contribution is 0.0243. The summed E-state index contributed by atoms with van der Waals surface area (Å²) in [6, 6.07) is 22.8. The molecule has 3 rings (SSSR count). The molecule has 0 saturated heterocycles. The summed E-state index contributed by atoms with van der Waals surface area (Å²) in [5, 5.41) is 15.8. The molecule has 3 atom stereocenters. The van der Waals surface area contributed by atoms with E-state index in [9.17, 15) is 14.7 Å². The monoisotopic (exact) mass is 527 g/mol. The van der Waals surface area contributed by atoms with Gasteiger partial charge in [-0.25, -0.2) is 9.59 Å². The van der Waals surface area contributed by atoms with Crippen molar-refractivity contribution in [3.63, 3.8) is 0 Å². The molecule has 4 amide bonds. The normalized spacial score (nSPS) is 13.1. The van der Waals surface area contributed by atoms with Crippen LogP contribution in [-0.4, -0.2) is 29.5 Å². The van der Waals surface area contributed by atoms with E-state index in [-0.39, 0.29) is 24.2 Å². The molecular weight excluding hydrogens is 494 g/mol. The molecule has 0 aliphatic rings. The molecule has 0 aliphatic heterocycles. The number of carbonyl (C=O) groups is 2. The second kappa shape index (κ2) is 14.1. The maximum Gasteiger partial charge on any atom is 0.316 e. The Kier molecular flexibility index (Phi) is 11.2. The van der Waals surface area contributed by atoms with Crippen LogP contribution in [0.25, 0.3) is 0 Å². The fourth-order valence-electron chi connectivity index (χ4n) is 4.13. The zero-order valence-corrected chi connectivity index (χ0v) is 21.4. The van der Waals surface area contributed by atoms with Gasteiger partial charge < -0.3 is 31.9 Å². The first-order chi connectivity index (χ1) is 17.2. The number of ether oxygens (including phenoxy) is 1. The largest absolute Gasteiger partial charge is 0.473 e. The van der Waals surface area contributed by atoms with Crippen molar-refractivity contribution >= 4 is 35.8 Å². The molecular formula is C27H34ClN5O4. The molecule has 3 aromatic rings. The third-order valence-electron chi connectivity index (χ3n) is 5.84. The summed E-state index contributed by atoms with van der Waals surface area (Å²) in [6.45, 7) is 2.05. The van der Waals surface area contributed by atoms with Crippen molar-refractivity contribution < 1.29 is 19.4 Å². The lowest BCUT2D eigenvalue weighted by Gasteiger charge is -2.26. The van der Waals surface area contributed by atoms with E-state index in [0.717, 1.165) is 11.1 Å². The van der Waals surface area contributed by atoms with Crippen molar-refractivity contribution in [2.75, 3.05) is 10.6 Å². The van der Waals surface area contributed by atoms with Gasteiger partial charge in [-0.1, -0.05) is 49.4 Å². The molecule has 9 N–H and O–H groups in total. The van der Waals surface area contributed by atoms with Gasteiger partial charge in [0.1, 0.15) is 11.9 Å². The molecule has 2 unspecified atom stereocenters. The Balaban J connectivity index is 0.00000481. The van der Waals surface area contributed by atoms with Crippen molar-refractivity contribution in [3.8, 4) is 5.75 Å². The molecule has 0 bridgehead atoms. The number of nitrogens with one attached hydrogen (secondary N) is 2. The van der Waals surface area contributed by atoms with Gasteiger partial charge in [-0.05, 0) is 66.3 Å². The average molecular weight is 528 g/mol. The Morgan fingerprint density at radius 1 is 0.811 bits per heavy atom. The van der Waals surface area contributed by atoms with Gasteiger partial charge in [-0.2, -0.15) is 0 Å². The molecule has 0 spiro atoms. The zero-order valence-electron chi connectivity index (χ0n) is 20.5. The Bertz CT molecular complexity index is 1070.